The zero-order valence-corrected chi connectivity index (χ0v) is 17.5. The maximum Gasteiger partial charge on any atom is 0.262 e. The quantitative estimate of drug-likeness (QED) is 0.541. The van der Waals surface area contributed by atoms with Gasteiger partial charge in [-0.3, -0.25) is 9.59 Å². The Hall–Kier alpha value is -3.19. The Kier molecular flexibility index (Phi) is 7.19. The van der Waals surface area contributed by atoms with Gasteiger partial charge in [0, 0.05) is 11.8 Å². The molecule has 0 aliphatic carbocycles. The standard InChI is InChI=1S/C23H23FN2O3S/c1-15(2)21(26-22(27)20-10-5-11-30-20)23(28)25-18-8-4-9-19(13-18)29-14-16-6-3-7-17(24)12-16/h3-13,15,21H,14H2,1-2H3,(H,25,28)(H,26,27). The first-order chi connectivity index (χ1) is 14.4. The highest BCUT2D eigenvalue weighted by Crippen LogP contribution is 2.20. The molecule has 3 aromatic rings. The fraction of sp³-hybridized carbons (Fsp3) is 0.217. The van der Waals surface area contributed by atoms with Crippen LogP contribution in [-0.4, -0.2) is 17.9 Å². The van der Waals surface area contributed by atoms with Crippen LogP contribution in [0.1, 0.15) is 29.1 Å². The molecular weight excluding hydrogens is 403 g/mol. The third kappa shape index (κ3) is 5.90. The van der Waals surface area contributed by atoms with Crippen LogP contribution in [0.2, 0.25) is 0 Å². The van der Waals surface area contributed by atoms with Crippen LogP contribution in [0.3, 0.4) is 0 Å². The molecule has 1 unspecified atom stereocenters. The first kappa shape index (κ1) is 21.5. The van der Waals surface area contributed by atoms with E-state index >= 15 is 0 Å². The molecule has 1 heterocycles. The maximum atomic E-state index is 13.3. The summed E-state index contributed by atoms with van der Waals surface area (Å²) in [6.07, 6.45) is 0. The number of amides is 2. The van der Waals surface area contributed by atoms with Crippen molar-refractivity contribution < 1.29 is 18.7 Å². The molecule has 1 atom stereocenters. The fourth-order valence-corrected chi connectivity index (χ4v) is 3.46. The summed E-state index contributed by atoms with van der Waals surface area (Å²) in [7, 11) is 0. The van der Waals surface area contributed by atoms with Gasteiger partial charge in [0.1, 0.15) is 24.2 Å². The molecule has 0 aliphatic heterocycles. The summed E-state index contributed by atoms with van der Waals surface area (Å²) in [5.41, 5.74) is 1.26. The molecule has 156 valence electrons. The summed E-state index contributed by atoms with van der Waals surface area (Å²) in [6, 6.07) is 16.0. The SMILES string of the molecule is CC(C)C(NC(=O)c1cccs1)C(=O)Nc1cccc(OCc2cccc(F)c2)c1. The second kappa shape index (κ2) is 10.0. The number of carbonyl (C=O) groups is 2. The molecule has 0 fully saturated rings. The van der Waals surface area contributed by atoms with Crippen molar-refractivity contribution in [3.05, 3.63) is 82.3 Å². The summed E-state index contributed by atoms with van der Waals surface area (Å²) in [5, 5.41) is 7.44. The van der Waals surface area contributed by atoms with Crippen molar-refractivity contribution in [1.82, 2.24) is 5.32 Å². The van der Waals surface area contributed by atoms with Gasteiger partial charge in [-0.15, -0.1) is 11.3 Å². The lowest BCUT2D eigenvalue weighted by atomic mass is 10.0. The van der Waals surface area contributed by atoms with Crippen molar-refractivity contribution in [3.8, 4) is 5.75 Å². The summed E-state index contributed by atoms with van der Waals surface area (Å²) >= 11 is 1.32. The molecule has 0 spiro atoms. The summed E-state index contributed by atoms with van der Waals surface area (Å²) in [5.74, 6) is -0.452. The molecule has 7 heteroatoms. The van der Waals surface area contributed by atoms with E-state index in [9.17, 15) is 14.0 Å². The van der Waals surface area contributed by atoms with Gasteiger partial charge in [-0.1, -0.05) is 38.1 Å². The Balaban J connectivity index is 1.63. The molecule has 5 nitrogen and oxygen atoms in total. The van der Waals surface area contributed by atoms with Crippen molar-refractivity contribution >= 4 is 28.8 Å². The van der Waals surface area contributed by atoms with Crippen LogP contribution >= 0.6 is 11.3 Å². The monoisotopic (exact) mass is 426 g/mol. The van der Waals surface area contributed by atoms with Gasteiger partial charge in [0.15, 0.2) is 0 Å². The molecule has 2 amide bonds. The van der Waals surface area contributed by atoms with Crippen molar-refractivity contribution in [2.24, 2.45) is 5.92 Å². The third-order valence-electron chi connectivity index (χ3n) is 4.38. The van der Waals surface area contributed by atoms with Gasteiger partial charge in [-0.2, -0.15) is 0 Å². The first-order valence-electron chi connectivity index (χ1n) is 9.55. The van der Waals surface area contributed by atoms with Crippen LogP contribution in [0.15, 0.2) is 66.0 Å². The van der Waals surface area contributed by atoms with E-state index in [1.807, 2.05) is 19.2 Å². The second-order valence-electron chi connectivity index (χ2n) is 7.11. The predicted molar refractivity (Wildman–Crippen MR) is 116 cm³/mol. The Morgan fingerprint density at radius 2 is 1.87 bits per heavy atom. The van der Waals surface area contributed by atoms with Crippen molar-refractivity contribution in [3.63, 3.8) is 0 Å². The Morgan fingerprint density at radius 1 is 1.07 bits per heavy atom. The molecule has 2 N–H and O–H groups in total. The number of anilines is 1. The van der Waals surface area contributed by atoms with Gasteiger partial charge in [-0.25, -0.2) is 4.39 Å². The number of nitrogens with one attached hydrogen (secondary N) is 2. The van der Waals surface area contributed by atoms with Crippen LogP contribution in [-0.2, 0) is 11.4 Å². The van der Waals surface area contributed by atoms with E-state index < -0.39 is 6.04 Å². The lowest BCUT2D eigenvalue weighted by Crippen LogP contribution is -2.46. The van der Waals surface area contributed by atoms with Crippen LogP contribution < -0.4 is 15.4 Å². The van der Waals surface area contributed by atoms with Gasteiger partial charge < -0.3 is 15.4 Å². The van der Waals surface area contributed by atoms with Crippen LogP contribution in [0.5, 0.6) is 5.75 Å². The maximum absolute atomic E-state index is 13.3. The molecule has 0 bridgehead atoms. The lowest BCUT2D eigenvalue weighted by Gasteiger charge is -2.21. The Labute approximate surface area is 178 Å². The van der Waals surface area contributed by atoms with E-state index in [-0.39, 0.29) is 30.2 Å². The number of hydrogen-bond acceptors (Lipinski definition) is 4. The smallest absolute Gasteiger partial charge is 0.262 e. The minimum atomic E-state index is -0.684. The molecule has 30 heavy (non-hydrogen) atoms. The summed E-state index contributed by atoms with van der Waals surface area (Å²) in [6.45, 7) is 3.95. The zero-order valence-electron chi connectivity index (χ0n) is 16.7. The number of hydrogen-bond donors (Lipinski definition) is 2. The van der Waals surface area contributed by atoms with Crippen molar-refractivity contribution in [2.75, 3.05) is 5.32 Å². The average Bonchev–Trinajstić information content (AvgIpc) is 3.25. The van der Waals surface area contributed by atoms with Gasteiger partial charge >= 0.3 is 0 Å². The highest BCUT2D eigenvalue weighted by atomic mass is 32.1. The van der Waals surface area contributed by atoms with Gasteiger partial charge in [0.05, 0.1) is 4.88 Å². The number of ether oxygens (including phenoxy) is 1. The topological polar surface area (TPSA) is 67.4 Å². The molecular formula is C23H23FN2O3S. The summed E-state index contributed by atoms with van der Waals surface area (Å²) in [4.78, 5) is 25.7. The van der Waals surface area contributed by atoms with Crippen LogP contribution in [0.25, 0.3) is 0 Å². The first-order valence-corrected chi connectivity index (χ1v) is 10.4. The number of thiophene rings is 1. The minimum Gasteiger partial charge on any atom is -0.489 e. The van der Waals surface area contributed by atoms with E-state index in [1.165, 1.54) is 23.5 Å². The van der Waals surface area contributed by atoms with E-state index in [4.69, 9.17) is 4.74 Å². The highest BCUT2D eigenvalue weighted by molar-refractivity contribution is 7.12. The molecule has 1 aromatic heterocycles. The number of benzene rings is 2. The van der Waals surface area contributed by atoms with Gasteiger partial charge in [0.2, 0.25) is 5.91 Å². The number of halogens is 1. The summed E-state index contributed by atoms with van der Waals surface area (Å²) < 4.78 is 19.0. The lowest BCUT2D eigenvalue weighted by molar-refractivity contribution is -0.118. The van der Waals surface area contributed by atoms with Crippen LogP contribution in [0, 0.1) is 11.7 Å². The molecule has 3 rings (SSSR count). The van der Waals surface area contributed by atoms with E-state index in [0.29, 0.717) is 21.9 Å². The van der Waals surface area contributed by atoms with E-state index in [1.54, 1.807) is 48.5 Å². The number of carbonyl (C=O) groups excluding carboxylic acids is 2. The molecule has 0 aliphatic rings. The van der Waals surface area contributed by atoms with Crippen molar-refractivity contribution in [1.29, 1.82) is 0 Å². The van der Waals surface area contributed by atoms with Crippen LogP contribution in [0.4, 0.5) is 10.1 Å². The zero-order chi connectivity index (χ0) is 21.5. The van der Waals surface area contributed by atoms with Gasteiger partial charge in [0.25, 0.3) is 5.91 Å². The molecule has 0 saturated carbocycles. The molecule has 0 saturated heterocycles. The Bertz CT molecular complexity index is 1010. The second-order valence-corrected chi connectivity index (χ2v) is 8.06. The average molecular weight is 427 g/mol. The minimum absolute atomic E-state index is 0.0960. The fourth-order valence-electron chi connectivity index (χ4n) is 2.83. The Morgan fingerprint density at radius 3 is 2.57 bits per heavy atom. The third-order valence-corrected chi connectivity index (χ3v) is 5.25. The van der Waals surface area contributed by atoms with Gasteiger partial charge in [-0.05, 0) is 47.2 Å². The molecule has 0 radical (unpaired) electrons. The van der Waals surface area contributed by atoms with E-state index in [2.05, 4.69) is 10.6 Å². The number of rotatable bonds is 8. The van der Waals surface area contributed by atoms with E-state index in [0.717, 1.165) is 0 Å². The highest BCUT2D eigenvalue weighted by Gasteiger charge is 2.25. The normalized spacial score (nSPS) is 11.7. The largest absolute Gasteiger partial charge is 0.489 e. The van der Waals surface area contributed by atoms with Crippen molar-refractivity contribution in [2.45, 2.75) is 26.5 Å². The predicted octanol–water partition coefficient (Wildman–Crippen LogP) is 4.86. The molecule has 2 aromatic carbocycles.